The highest BCUT2D eigenvalue weighted by Gasteiger charge is 2.09. The number of furan rings is 1. The molecule has 26 heavy (non-hydrogen) atoms. The molecule has 0 aliphatic rings. The number of benzene rings is 2. The minimum absolute atomic E-state index is 0.0292. The van der Waals surface area contributed by atoms with E-state index in [1.54, 1.807) is 24.3 Å². The smallest absolute Gasteiger partial charge is 0.269 e. The number of hydrogen-bond acceptors (Lipinski definition) is 4. The van der Waals surface area contributed by atoms with Gasteiger partial charge in [-0.2, -0.15) is 5.26 Å². The SMILES string of the molecule is N#C/C(=C/c1ccc(-c2ccc(Br)c(Cl)c2)o1)c1ccc([N+](=O)[O-])cc1. The predicted molar refractivity (Wildman–Crippen MR) is 103 cm³/mol. The number of nitrogens with zero attached hydrogens (tertiary/aromatic N) is 2. The molecule has 0 saturated carbocycles. The third-order valence-corrected chi connectivity index (χ3v) is 4.86. The molecule has 0 spiro atoms. The maximum absolute atomic E-state index is 10.7. The Bertz CT molecular complexity index is 1050. The van der Waals surface area contributed by atoms with Crippen LogP contribution in [0.3, 0.4) is 0 Å². The summed E-state index contributed by atoms with van der Waals surface area (Å²) in [5.74, 6) is 1.11. The maximum Gasteiger partial charge on any atom is 0.269 e. The average Bonchev–Trinajstić information content (AvgIpc) is 3.10. The summed E-state index contributed by atoms with van der Waals surface area (Å²) >= 11 is 9.44. The van der Waals surface area contributed by atoms with Gasteiger partial charge in [0.05, 0.1) is 21.6 Å². The van der Waals surface area contributed by atoms with Gasteiger partial charge in [0, 0.05) is 22.2 Å². The van der Waals surface area contributed by atoms with Gasteiger partial charge in [0.15, 0.2) is 0 Å². The van der Waals surface area contributed by atoms with E-state index >= 15 is 0 Å². The van der Waals surface area contributed by atoms with E-state index < -0.39 is 4.92 Å². The van der Waals surface area contributed by atoms with Gasteiger partial charge < -0.3 is 4.42 Å². The number of halogens is 2. The Labute approximate surface area is 162 Å². The zero-order valence-corrected chi connectivity index (χ0v) is 15.5. The van der Waals surface area contributed by atoms with E-state index in [1.165, 1.54) is 24.3 Å². The van der Waals surface area contributed by atoms with Gasteiger partial charge in [-0.3, -0.25) is 10.1 Å². The van der Waals surface area contributed by atoms with Crippen LogP contribution in [0, 0.1) is 21.4 Å². The lowest BCUT2D eigenvalue weighted by Crippen LogP contribution is -1.88. The summed E-state index contributed by atoms with van der Waals surface area (Å²) in [5.41, 5.74) is 1.70. The van der Waals surface area contributed by atoms with Crippen LogP contribution < -0.4 is 0 Å². The van der Waals surface area contributed by atoms with Gasteiger partial charge in [-0.1, -0.05) is 17.7 Å². The predicted octanol–water partition coefficient (Wildman–Crippen LogP) is 6.33. The third kappa shape index (κ3) is 3.85. The molecular weight excluding hydrogens is 420 g/mol. The van der Waals surface area contributed by atoms with Crippen molar-refractivity contribution < 1.29 is 9.34 Å². The van der Waals surface area contributed by atoms with Crippen molar-refractivity contribution in [3.63, 3.8) is 0 Å². The van der Waals surface area contributed by atoms with Crippen molar-refractivity contribution in [1.82, 2.24) is 0 Å². The van der Waals surface area contributed by atoms with Crippen molar-refractivity contribution in [2.75, 3.05) is 0 Å². The molecule has 1 aromatic heterocycles. The fourth-order valence-electron chi connectivity index (χ4n) is 2.32. The van der Waals surface area contributed by atoms with E-state index in [9.17, 15) is 15.4 Å². The molecule has 0 atom stereocenters. The number of allylic oxidation sites excluding steroid dienone is 1. The van der Waals surface area contributed by atoms with Gasteiger partial charge in [0.2, 0.25) is 0 Å². The molecule has 0 N–H and O–H groups in total. The van der Waals surface area contributed by atoms with Crippen molar-refractivity contribution in [1.29, 1.82) is 5.26 Å². The Hall–Kier alpha value is -2.88. The van der Waals surface area contributed by atoms with E-state index in [4.69, 9.17) is 16.0 Å². The molecule has 0 radical (unpaired) electrons. The lowest BCUT2D eigenvalue weighted by atomic mass is 10.1. The zero-order chi connectivity index (χ0) is 18.7. The number of rotatable bonds is 4. The Balaban J connectivity index is 1.91. The van der Waals surface area contributed by atoms with Crippen LogP contribution >= 0.6 is 27.5 Å². The van der Waals surface area contributed by atoms with Crippen LogP contribution in [0.1, 0.15) is 11.3 Å². The van der Waals surface area contributed by atoms with Crippen molar-refractivity contribution in [2.24, 2.45) is 0 Å². The van der Waals surface area contributed by atoms with E-state index in [2.05, 4.69) is 22.0 Å². The first-order valence-corrected chi connectivity index (χ1v) is 8.57. The summed E-state index contributed by atoms with van der Waals surface area (Å²) in [5, 5.41) is 20.7. The highest BCUT2D eigenvalue weighted by molar-refractivity contribution is 9.10. The Kier molecular flexibility index (Phi) is 5.21. The third-order valence-electron chi connectivity index (χ3n) is 3.63. The molecule has 0 aliphatic carbocycles. The average molecular weight is 430 g/mol. The van der Waals surface area contributed by atoms with Gasteiger partial charge in [-0.05, 0) is 64.0 Å². The molecule has 3 rings (SSSR count). The van der Waals surface area contributed by atoms with Gasteiger partial charge in [0.25, 0.3) is 5.69 Å². The second-order valence-electron chi connectivity index (χ2n) is 5.30. The molecule has 0 aliphatic heterocycles. The Morgan fingerprint density at radius 3 is 2.54 bits per heavy atom. The standard InChI is InChI=1S/C19H10BrClN2O3/c20-17-7-3-13(10-18(17)21)19-8-6-16(26-19)9-14(11-22)12-1-4-15(5-2-12)23(24)25/h1-10H/b14-9-. The fraction of sp³-hybridized carbons (Fsp3) is 0. The monoisotopic (exact) mass is 428 g/mol. The zero-order valence-electron chi connectivity index (χ0n) is 13.1. The fourth-order valence-corrected chi connectivity index (χ4v) is 2.75. The lowest BCUT2D eigenvalue weighted by molar-refractivity contribution is -0.384. The molecule has 0 saturated heterocycles. The molecule has 5 nitrogen and oxygen atoms in total. The van der Waals surface area contributed by atoms with Crippen molar-refractivity contribution in [3.8, 4) is 17.4 Å². The van der Waals surface area contributed by atoms with Gasteiger partial charge >= 0.3 is 0 Å². The largest absolute Gasteiger partial charge is 0.457 e. The first-order valence-electron chi connectivity index (χ1n) is 7.40. The quantitative estimate of drug-likeness (QED) is 0.275. The summed E-state index contributed by atoms with van der Waals surface area (Å²) < 4.78 is 6.56. The highest BCUT2D eigenvalue weighted by atomic mass is 79.9. The molecule has 2 aromatic carbocycles. The van der Waals surface area contributed by atoms with Crippen molar-refractivity contribution in [3.05, 3.63) is 85.5 Å². The molecule has 0 amide bonds. The molecule has 3 aromatic rings. The molecule has 0 bridgehead atoms. The van der Waals surface area contributed by atoms with E-state index in [1.807, 2.05) is 12.1 Å². The second-order valence-corrected chi connectivity index (χ2v) is 6.57. The molecule has 1 heterocycles. The summed E-state index contributed by atoms with van der Waals surface area (Å²) in [4.78, 5) is 10.2. The second kappa shape index (κ2) is 7.56. The van der Waals surface area contributed by atoms with Gasteiger partial charge in [-0.15, -0.1) is 0 Å². The normalized spacial score (nSPS) is 11.2. The molecular formula is C19H10BrClN2O3. The van der Waals surface area contributed by atoms with Crippen molar-refractivity contribution >= 4 is 44.9 Å². The molecule has 0 unspecified atom stereocenters. The van der Waals surface area contributed by atoms with Crippen LogP contribution in [0.4, 0.5) is 5.69 Å². The first kappa shape index (κ1) is 17.9. The topological polar surface area (TPSA) is 80.1 Å². The Morgan fingerprint density at radius 1 is 1.19 bits per heavy atom. The lowest BCUT2D eigenvalue weighted by Gasteiger charge is -2.00. The highest BCUT2D eigenvalue weighted by Crippen LogP contribution is 2.31. The number of nitriles is 1. The summed E-state index contributed by atoms with van der Waals surface area (Å²) in [6.45, 7) is 0. The molecule has 7 heteroatoms. The summed E-state index contributed by atoms with van der Waals surface area (Å²) in [7, 11) is 0. The van der Waals surface area contributed by atoms with Crippen LogP contribution in [0.2, 0.25) is 5.02 Å². The van der Waals surface area contributed by atoms with E-state index in [0.717, 1.165) is 10.0 Å². The van der Waals surface area contributed by atoms with Crippen LogP contribution in [-0.4, -0.2) is 4.92 Å². The van der Waals surface area contributed by atoms with Crippen LogP contribution in [0.15, 0.2) is 63.5 Å². The maximum atomic E-state index is 10.7. The Morgan fingerprint density at radius 2 is 1.92 bits per heavy atom. The van der Waals surface area contributed by atoms with Gasteiger partial charge in [0.1, 0.15) is 11.5 Å². The minimum atomic E-state index is -0.484. The summed E-state index contributed by atoms with van der Waals surface area (Å²) in [6.07, 6.45) is 1.59. The van der Waals surface area contributed by atoms with E-state index in [-0.39, 0.29) is 5.69 Å². The minimum Gasteiger partial charge on any atom is -0.457 e. The van der Waals surface area contributed by atoms with Crippen LogP contribution in [-0.2, 0) is 0 Å². The van der Waals surface area contributed by atoms with Crippen molar-refractivity contribution in [2.45, 2.75) is 0 Å². The number of nitro groups is 1. The molecule has 128 valence electrons. The summed E-state index contributed by atoms with van der Waals surface area (Å²) in [6, 6.07) is 16.9. The van der Waals surface area contributed by atoms with Gasteiger partial charge in [-0.25, -0.2) is 0 Å². The first-order chi connectivity index (χ1) is 12.5. The van der Waals surface area contributed by atoms with Crippen LogP contribution in [0.5, 0.6) is 0 Å². The number of non-ortho nitro benzene ring substituents is 1. The van der Waals surface area contributed by atoms with E-state index in [0.29, 0.717) is 27.7 Å². The van der Waals surface area contributed by atoms with Crippen LogP contribution in [0.25, 0.3) is 23.0 Å². The molecule has 0 fully saturated rings. The number of hydrogen-bond donors (Lipinski definition) is 0. The number of nitro benzene ring substituents is 1.